The smallest absolute Gasteiger partial charge is 0.252 e. The molecule has 0 radical (unpaired) electrons. The van der Waals surface area contributed by atoms with Gasteiger partial charge in [0.2, 0.25) is 0 Å². The van der Waals surface area contributed by atoms with Gasteiger partial charge in [-0.1, -0.05) is 17.8 Å². The number of amidine groups is 1. The predicted molar refractivity (Wildman–Crippen MR) is 132 cm³/mol. The molecule has 2 atom stereocenters. The van der Waals surface area contributed by atoms with Gasteiger partial charge in [0.15, 0.2) is 26.5 Å². The fourth-order valence-corrected chi connectivity index (χ4v) is 8.07. The lowest BCUT2D eigenvalue weighted by molar-refractivity contribution is -0.117. The number of hydrogen-bond acceptors (Lipinski definition) is 8. The van der Waals surface area contributed by atoms with E-state index in [0.29, 0.717) is 33.9 Å². The first kappa shape index (κ1) is 24.2. The van der Waals surface area contributed by atoms with Gasteiger partial charge in [0.25, 0.3) is 5.91 Å². The van der Waals surface area contributed by atoms with E-state index in [1.807, 2.05) is 4.90 Å². The van der Waals surface area contributed by atoms with Crippen LogP contribution in [0.4, 0.5) is 5.69 Å². The van der Waals surface area contributed by atoms with Crippen LogP contribution in [0.1, 0.15) is 5.56 Å². The van der Waals surface area contributed by atoms with Crippen molar-refractivity contribution in [2.75, 3.05) is 44.8 Å². The van der Waals surface area contributed by atoms with E-state index in [9.17, 15) is 13.2 Å². The third kappa shape index (κ3) is 4.80. The zero-order chi connectivity index (χ0) is 24.5. The van der Waals surface area contributed by atoms with Crippen LogP contribution in [0.15, 0.2) is 41.4 Å². The monoisotopic (exact) mass is 506 g/mol. The van der Waals surface area contributed by atoms with Crippen molar-refractivity contribution in [3.05, 3.63) is 42.0 Å². The van der Waals surface area contributed by atoms with Gasteiger partial charge in [0.05, 0.1) is 58.1 Å². The number of anilines is 1. The molecule has 9 nitrogen and oxygen atoms in total. The molecule has 2 fully saturated rings. The second kappa shape index (κ2) is 9.75. The van der Waals surface area contributed by atoms with E-state index in [-0.39, 0.29) is 35.1 Å². The zero-order valence-electron chi connectivity index (χ0n) is 19.3. The molecular weight excluding hydrogens is 480 g/mol. The molecule has 2 heterocycles. The summed E-state index contributed by atoms with van der Waals surface area (Å²) in [5, 5.41) is 0.239. The van der Waals surface area contributed by atoms with E-state index in [1.54, 1.807) is 50.6 Å². The Morgan fingerprint density at radius 2 is 1.71 bits per heavy atom. The van der Waals surface area contributed by atoms with E-state index in [2.05, 4.69) is 4.99 Å². The number of hydrogen-bond donors (Lipinski definition) is 0. The second-order valence-corrected chi connectivity index (χ2v) is 11.2. The summed E-state index contributed by atoms with van der Waals surface area (Å²) >= 11 is 1.31. The number of aliphatic imine (C=N–C) groups is 1. The number of carbonyl (C=O) groups excluding carboxylic acids is 1. The Balaban J connectivity index is 1.67. The molecule has 0 aliphatic carbocycles. The molecule has 0 unspecified atom stereocenters. The lowest BCUT2D eigenvalue weighted by Gasteiger charge is -2.26. The Morgan fingerprint density at radius 3 is 2.38 bits per heavy atom. The van der Waals surface area contributed by atoms with Crippen LogP contribution in [0.25, 0.3) is 0 Å². The molecule has 2 aromatic carbocycles. The lowest BCUT2D eigenvalue weighted by Crippen LogP contribution is -2.38. The van der Waals surface area contributed by atoms with Gasteiger partial charge >= 0.3 is 0 Å². The number of benzene rings is 2. The van der Waals surface area contributed by atoms with E-state index >= 15 is 0 Å². The first-order valence-electron chi connectivity index (χ1n) is 10.5. The number of nitrogens with zero attached hydrogens (tertiary/aromatic N) is 2. The van der Waals surface area contributed by atoms with Crippen molar-refractivity contribution < 1.29 is 32.2 Å². The molecule has 0 aromatic heterocycles. The Hall–Kier alpha value is -2.92. The fraction of sp³-hybridized carbons (Fsp3) is 0.391. The Bertz CT molecular complexity index is 1230. The van der Waals surface area contributed by atoms with Crippen molar-refractivity contribution in [3.63, 3.8) is 0 Å². The van der Waals surface area contributed by atoms with Crippen molar-refractivity contribution in [2.24, 2.45) is 4.99 Å². The van der Waals surface area contributed by atoms with Gasteiger partial charge in [-0.25, -0.2) is 8.42 Å². The first-order valence-corrected chi connectivity index (χ1v) is 13.2. The minimum absolute atomic E-state index is 0.0112. The van der Waals surface area contributed by atoms with Gasteiger partial charge in [0.1, 0.15) is 11.5 Å². The average Bonchev–Trinajstić information content (AvgIpc) is 3.28. The third-order valence-electron chi connectivity index (χ3n) is 5.74. The second-order valence-electron chi connectivity index (χ2n) is 7.86. The SMILES string of the molecule is COc1ccc(N2C(=NC(=O)Cc3ccc(OC)c(OC)c3)S[C@@H]3CS(=O)(=O)C[C@H]32)c(OC)c1. The van der Waals surface area contributed by atoms with Crippen LogP contribution < -0.4 is 23.8 Å². The maximum atomic E-state index is 12.9. The molecule has 0 bridgehead atoms. The van der Waals surface area contributed by atoms with E-state index in [4.69, 9.17) is 18.9 Å². The number of methoxy groups -OCH3 is 4. The first-order chi connectivity index (χ1) is 16.3. The van der Waals surface area contributed by atoms with Gasteiger partial charge < -0.3 is 23.8 Å². The molecule has 0 N–H and O–H groups in total. The minimum atomic E-state index is -3.19. The molecule has 0 saturated carbocycles. The molecule has 34 heavy (non-hydrogen) atoms. The van der Waals surface area contributed by atoms with Crippen LogP contribution >= 0.6 is 11.8 Å². The van der Waals surface area contributed by atoms with Crippen LogP contribution in [-0.2, 0) is 21.1 Å². The molecule has 2 saturated heterocycles. The molecule has 2 aliphatic heterocycles. The summed E-state index contributed by atoms with van der Waals surface area (Å²) in [5.41, 5.74) is 1.37. The number of rotatable bonds is 7. The van der Waals surface area contributed by atoms with Gasteiger partial charge in [-0.05, 0) is 29.8 Å². The van der Waals surface area contributed by atoms with Crippen molar-refractivity contribution in [3.8, 4) is 23.0 Å². The van der Waals surface area contributed by atoms with Gasteiger partial charge in [-0.3, -0.25) is 4.79 Å². The minimum Gasteiger partial charge on any atom is -0.497 e. The molecule has 2 aromatic rings. The standard InChI is InChI=1S/C23H26N2O7S2/c1-29-15-6-7-16(19(11-15)31-3)25-17-12-34(27,28)13-21(17)33-23(25)24-22(26)10-14-5-8-18(30-2)20(9-14)32-4/h5-9,11,17,21H,10,12-13H2,1-4H3/t17-,21-/m1/s1. The van der Waals surface area contributed by atoms with Crippen LogP contribution in [0.2, 0.25) is 0 Å². The Morgan fingerprint density at radius 1 is 0.971 bits per heavy atom. The number of thioether (sulfide) groups is 1. The van der Waals surface area contributed by atoms with E-state index in [0.717, 1.165) is 5.56 Å². The largest absolute Gasteiger partial charge is 0.497 e. The summed E-state index contributed by atoms with van der Waals surface area (Å²) < 4.78 is 46.1. The zero-order valence-corrected chi connectivity index (χ0v) is 20.9. The van der Waals surface area contributed by atoms with E-state index in [1.165, 1.54) is 26.0 Å². The quantitative estimate of drug-likeness (QED) is 0.560. The molecular formula is C23H26N2O7S2. The molecule has 2 aliphatic rings. The van der Waals surface area contributed by atoms with Crippen molar-refractivity contribution in [1.82, 2.24) is 0 Å². The van der Waals surface area contributed by atoms with Gasteiger partial charge in [-0.15, -0.1) is 0 Å². The van der Waals surface area contributed by atoms with E-state index < -0.39 is 9.84 Å². The highest BCUT2D eigenvalue weighted by molar-refractivity contribution is 8.16. The number of sulfone groups is 1. The number of ether oxygens (including phenoxy) is 4. The predicted octanol–water partition coefficient (Wildman–Crippen LogP) is 2.57. The van der Waals surface area contributed by atoms with Crippen molar-refractivity contribution in [2.45, 2.75) is 17.7 Å². The summed E-state index contributed by atoms with van der Waals surface area (Å²) in [6.07, 6.45) is 0.0611. The summed E-state index contributed by atoms with van der Waals surface area (Å²) in [4.78, 5) is 19.1. The molecule has 1 amide bonds. The van der Waals surface area contributed by atoms with Crippen LogP contribution in [0.3, 0.4) is 0 Å². The topological polar surface area (TPSA) is 104 Å². The Labute approximate surface area is 203 Å². The summed E-state index contributed by atoms with van der Waals surface area (Å²) in [5.74, 6) is 1.89. The third-order valence-corrected chi connectivity index (χ3v) is 8.95. The number of fused-ring (bicyclic) bond motifs is 1. The van der Waals surface area contributed by atoms with Crippen molar-refractivity contribution >= 4 is 38.4 Å². The highest BCUT2D eigenvalue weighted by atomic mass is 32.2. The number of amides is 1. The van der Waals surface area contributed by atoms with Gasteiger partial charge in [0, 0.05) is 11.3 Å². The van der Waals surface area contributed by atoms with Crippen LogP contribution in [0.5, 0.6) is 23.0 Å². The summed E-state index contributed by atoms with van der Waals surface area (Å²) in [6.45, 7) is 0. The lowest BCUT2D eigenvalue weighted by atomic mass is 10.1. The van der Waals surface area contributed by atoms with Crippen molar-refractivity contribution in [1.29, 1.82) is 0 Å². The molecule has 11 heteroatoms. The maximum absolute atomic E-state index is 12.9. The average molecular weight is 507 g/mol. The maximum Gasteiger partial charge on any atom is 0.252 e. The van der Waals surface area contributed by atoms with Crippen LogP contribution in [-0.4, -0.2) is 70.7 Å². The number of carbonyl (C=O) groups is 1. The fourth-order valence-electron chi connectivity index (χ4n) is 4.14. The molecule has 182 valence electrons. The summed E-state index contributed by atoms with van der Waals surface area (Å²) in [6, 6.07) is 10.2. The highest BCUT2D eigenvalue weighted by Gasteiger charge is 2.50. The normalized spacial score (nSPS) is 21.9. The van der Waals surface area contributed by atoms with Gasteiger partial charge in [-0.2, -0.15) is 4.99 Å². The summed E-state index contributed by atoms with van der Waals surface area (Å²) in [7, 11) is 2.98. The molecule has 4 rings (SSSR count). The highest BCUT2D eigenvalue weighted by Crippen LogP contribution is 2.44. The Kier molecular flexibility index (Phi) is 6.94. The van der Waals surface area contributed by atoms with Crippen LogP contribution in [0, 0.1) is 0 Å². The molecule has 0 spiro atoms.